The van der Waals surface area contributed by atoms with Gasteiger partial charge < -0.3 is 19.6 Å². The van der Waals surface area contributed by atoms with E-state index in [9.17, 15) is 4.79 Å². The van der Waals surface area contributed by atoms with Gasteiger partial charge in [-0.05, 0) is 12.8 Å². The Morgan fingerprint density at radius 2 is 1.79 bits per heavy atom. The maximum atomic E-state index is 12.3. The fourth-order valence-corrected chi connectivity index (χ4v) is 3.50. The first-order chi connectivity index (χ1) is 13.4. The quantitative estimate of drug-likeness (QED) is 0.596. The SMILES string of the molecule is CN=C(NCc1noc(C(C)(C)C)n1)N1CCN(CC(=O)N2CCCC2)CC1. The zero-order valence-electron chi connectivity index (χ0n) is 17.6. The number of aromatic nitrogens is 2. The van der Waals surface area contributed by atoms with Gasteiger partial charge in [0.1, 0.15) is 0 Å². The summed E-state index contributed by atoms with van der Waals surface area (Å²) in [6, 6.07) is 0. The van der Waals surface area contributed by atoms with E-state index in [1.807, 2.05) is 25.7 Å². The Morgan fingerprint density at radius 1 is 1.11 bits per heavy atom. The zero-order valence-corrected chi connectivity index (χ0v) is 17.6. The Labute approximate surface area is 167 Å². The molecule has 0 spiro atoms. The number of likely N-dealkylation sites (tertiary alicyclic amines) is 1. The summed E-state index contributed by atoms with van der Waals surface area (Å²) in [5.41, 5.74) is -0.157. The van der Waals surface area contributed by atoms with Crippen molar-refractivity contribution in [2.75, 3.05) is 52.9 Å². The number of amides is 1. The highest BCUT2D eigenvalue weighted by atomic mass is 16.5. The molecule has 0 unspecified atom stereocenters. The molecule has 1 amide bonds. The summed E-state index contributed by atoms with van der Waals surface area (Å²) in [6.45, 7) is 12.4. The van der Waals surface area contributed by atoms with Crippen molar-refractivity contribution in [3.8, 4) is 0 Å². The molecule has 3 heterocycles. The number of carbonyl (C=O) groups is 1. The summed E-state index contributed by atoms with van der Waals surface area (Å²) in [5.74, 6) is 2.35. The smallest absolute Gasteiger partial charge is 0.236 e. The van der Waals surface area contributed by atoms with Crippen LogP contribution in [0.3, 0.4) is 0 Å². The van der Waals surface area contributed by atoms with Gasteiger partial charge in [-0.1, -0.05) is 25.9 Å². The monoisotopic (exact) mass is 391 g/mol. The van der Waals surface area contributed by atoms with Crippen molar-refractivity contribution < 1.29 is 9.32 Å². The topological polar surface area (TPSA) is 90.1 Å². The third-order valence-electron chi connectivity index (χ3n) is 5.22. The van der Waals surface area contributed by atoms with Crippen LogP contribution in [0.1, 0.15) is 45.3 Å². The molecule has 1 N–H and O–H groups in total. The molecule has 0 radical (unpaired) electrons. The lowest BCUT2D eigenvalue weighted by atomic mass is 9.97. The molecule has 9 heteroatoms. The van der Waals surface area contributed by atoms with Crippen LogP contribution in [0.15, 0.2) is 9.52 Å². The van der Waals surface area contributed by atoms with Gasteiger partial charge in [0, 0.05) is 51.7 Å². The predicted molar refractivity (Wildman–Crippen MR) is 107 cm³/mol. The van der Waals surface area contributed by atoms with E-state index in [1.165, 1.54) is 0 Å². The first-order valence-corrected chi connectivity index (χ1v) is 10.2. The number of piperazine rings is 1. The second-order valence-electron chi connectivity index (χ2n) is 8.52. The largest absolute Gasteiger partial charge is 0.349 e. The molecule has 156 valence electrons. The summed E-state index contributed by atoms with van der Waals surface area (Å²) in [5, 5.41) is 7.36. The van der Waals surface area contributed by atoms with Crippen LogP contribution in [0.4, 0.5) is 0 Å². The lowest BCUT2D eigenvalue weighted by Gasteiger charge is -2.36. The van der Waals surface area contributed by atoms with Gasteiger partial charge in [-0.15, -0.1) is 0 Å². The number of carbonyl (C=O) groups excluding carboxylic acids is 1. The third kappa shape index (κ3) is 5.21. The van der Waals surface area contributed by atoms with E-state index in [0.717, 1.165) is 58.1 Å². The zero-order chi connectivity index (χ0) is 20.1. The van der Waals surface area contributed by atoms with Gasteiger partial charge in [0.15, 0.2) is 11.8 Å². The number of nitrogens with zero attached hydrogens (tertiary/aromatic N) is 6. The maximum Gasteiger partial charge on any atom is 0.236 e. The molecule has 2 fully saturated rings. The van der Waals surface area contributed by atoms with Gasteiger partial charge in [-0.25, -0.2) is 0 Å². The predicted octanol–water partition coefficient (Wildman–Crippen LogP) is 0.683. The Kier molecular flexibility index (Phi) is 6.53. The molecule has 1 aromatic heterocycles. The average molecular weight is 392 g/mol. The number of aliphatic imine (C=N–C) groups is 1. The van der Waals surface area contributed by atoms with E-state index in [1.54, 1.807) is 7.05 Å². The molecule has 1 aromatic rings. The Bertz CT molecular complexity index is 681. The molecule has 3 rings (SSSR count). The lowest BCUT2D eigenvalue weighted by Crippen LogP contribution is -2.54. The van der Waals surface area contributed by atoms with Crippen LogP contribution in [0, 0.1) is 0 Å². The molecule has 0 atom stereocenters. The minimum Gasteiger partial charge on any atom is -0.349 e. The molecule has 9 nitrogen and oxygen atoms in total. The van der Waals surface area contributed by atoms with E-state index in [4.69, 9.17) is 4.52 Å². The normalized spacial score (nSPS) is 19.4. The number of guanidine groups is 1. The fourth-order valence-electron chi connectivity index (χ4n) is 3.50. The van der Waals surface area contributed by atoms with Gasteiger partial charge >= 0.3 is 0 Å². The standard InChI is InChI=1S/C19H33N7O2/c1-19(2,3)17-22-15(23-28-17)13-21-18(20-4)26-11-9-24(10-12-26)14-16(27)25-7-5-6-8-25/h5-14H2,1-4H3,(H,20,21). The Morgan fingerprint density at radius 3 is 2.36 bits per heavy atom. The number of nitrogens with one attached hydrogen (secondary N) is 1. The lowest BCUT2D eigenvalue weighted by molar-refractivity contribution is -0.131. The van der Waals surface area contributed by atoms with Crippen LogP contribution in [0.5, 0.6) is 0 Å². The number of hydrogen-bond acceptors (Lipinski definition) is 6. The van der Waals surface area contributed by atoms with Crippen LogP contribution < -0.4 is 5.32 Å². The van der Waals surface area contributed by atoms with Crippen molar-refractivity contribution >= 4 is 11.9 Å². The molecule has 2 aliphatic rings. The van der Waals surface area contributed by atoms with Crippen molar-refractivity contribution in [1.82, 2.24) is 30.2 Å². The summed E-state index contributed by atoms with van der Waals surface area (Å²) in [6.07, 6.45) is 2.28. The number of rotatable bonds is 4. The van der Waals surface area contributed by atoms with Crippen LogP contribution in [0.25, 0.3) is 0 Å². The average Bonchev–Trinajstić information content (AvgIpc) is 3.35. The van der Waals surface area contributed by atoms with E-state index in [2.05, 4.69) is 30.2 Å². The third-order valence-corrected chi connectivity index (χ3v) is 5.22. The van der Waals surface area contributed by atoms with Crippen molar-refractivity contribution in [2.24, 2.45) is 4.99 Å². The molecule has 0 saturated carbocycles. The van der Waals surface area contributed by atoms with E-state index < -0.39 is 0 Å². The Hall–Kier alpha value is -2.16. The number of hydrogen-bond donors (Lipinski definition) is 1. The van der Waals surface area contributed by atoms with E-state index in [0.29, 0.717) is 24.8 Å². The molecule has 0 aromatic carbocycles. The molecule has 0 aliphatic carbocycles. The molecule has 2 saturated heterocycles. The highest BCUT2D eigenvalue weighted by molar-refractivity contribution is 5.80. The van der Waals surface area contributed by atoms with Gasteiger partial charge in [0.05, 0.1) is 13.1 Å². The van der Waals surface area contributed by atoms with Crippen LogP contribution in [-0.4, -0.2) is 89.6 Å². The summed E-state index contributed by atoms with van der Waals surface area (Å²) >= 11 is 0. The molecule has 2 aliphatic heterocycles. The summed E-state index contributed by atoms with van der Waals surface area (Å²) in [4.78, 5) is 27.6. The van der Waals surface area contributed by atoms with Gasteiger partial charge in [-0.3, -0.25) is 14.7 Å². The summed E-state index contributed by atoms with van der Waals surface area (Å²) in [7, 11) is 1.78. The highest BCUT2D eigenvalue weighted by Crippen LogP contribution is 2.19. The van der Waals surface area contributed by atoms with E-state index in [-0.39, 0.29) is 11.3 Å². The highest BCUT2D eigenvalue weighted by Gasteiger charge is 2.25. The molecular weight excluding hydrogens is 358 g/mol. The van der Waals surface area contributed by atoms with Gasteiger partial charge in [0.25, 0.3) is 0 Å². The minimum absolute atomic E-state index is 0.157. The first kappa shape index (κ1) is 20.6. The van der Waals surface area contributed by atoms with Crippen LogP contribution in [0.2, 0.25) is 0 Å². The van der Waals surface area contributed by atoms with E-state index >= 15 is 0 Å². The van der Waals surface area contributed by atoms with Crippen LogP contribution in [-0.2, 0) is 16.8 Å². The van der Waals surface area contributed by atoms with Gasteiger partial charge in [0.2, 0.25) is 11.8 Å². The second kappa shape index (κ2) is 8.89. The van der Waals surface area contributed by atoms with Crippen molar-refractivity contribution in [3.05, 3.63) is 11.7 Å². The second-order valence-corrected chi connectivity index (χ2v) is 8.52. The first-order valence-electron chi connectivity index (χ1n) is 10.2. The fraction of sp³-hybridized carbons (Fsp3) is 0.789. The van der Waals surface area contributed by atoms with Crippen molar-refractivity contribution in [2.45, 2.75) is 45.6 Å². The minimum atomic E-state index is -0.157. The van der Waals surface area contributed by atoms with Gasteiger partial charge in [-0.2, -0.15) is 4.98 Å². The molecule has 28 heavy (non-hydrogen) atoms. The molecule has 0 bridgehead atoms. The Balaban J connectivity index is 1.44. The maximum absolute atomic E-state index is 12.3. The van der Waals surface area contributed by atoms with Crippen molar-refractivity contribution in [1.29, 1.82) is 0 Å². The van der Waals surface area contributed by atoms with Crippen LogP contribution >= 0.6 is 0 Å². The molecular formula is C19H33N7O2. The van der Waals surface area contributed by atoms with Crippen molar-refractivity contribution in [3.63, 3.8) is 0 Å². The summed E-state index contributed by atoms with van der Waals surface area (Å²) < 4.78 is 5.34.